The van der Waals surface area contributed by atoms with Crippen LogP contribution in [0, 0.1) is 12.7 Å². The molecular formula is C21H20FNO4. The summed E-state index contributed by atoms with van der Waals surface area (Å²) in [4.78, 5) is 26.5. The van der Waals surface area contributed by atoms with Crippen LogP contribution in [0.4, 0.5) is 4.39 Å². The maximum atomic E-state index is 14.5. The summed E-state index contributed by atoms with van der Waals surface area (Å²) in [5, 5.41) is 10.8. The number of aliphatic hydroxyl groups is 1. The van der Waals surface area contributed by atoms with E-state index in [2.05, 4.69) is 0 Å². The van der Waals surface area contributed by atoms with Crippen LogP contribution in [-0.4, -0.2) is 42.0 Å². The number of likely N-dealkylation sites (tertiary alicyclic amines) is 1. The Morgan fingerprint density at radius 2 is 1.81 bits per heavy atom. The van der Waals surface area contributed by atoms with Gasteiger partial charge in [-0.3, -0.25) is 9.59 Å². The number of hydrogen-bond donors (Lipinski definition) is 1. The van der Waals surface area contributed by atoms with Crippen LogP contribution in [0.1, 0.15) is 22.7 Å². The van der Waals surface area contributed by atoms with Crippen molar-refractivity contribution in [2.45, 2.75) is 13.0 Å². The largest absolute Gasteiger partial charge is 0.507 e. The molecule has 0 radical (unpaired) electrons. The number of ether oxygens (including phenoxy) is 1. The lowest BCUT2D eigenvalue weighted by Gasteiger charge is -2.25. The average Bonchev–Trinajstić information content (AvgIpc) is 2.91. The molecule has 1 N–H and O–H groups in total. The lowest BCUT2D eigenvalue weighted by Crippen LogP contribution is -2.33. The molecule has 27 heavy (non-hydrogen) atoms. The van der Waals surface area contributed by atoms with E-state index in [1.165, 1.54) is 30.2 Å². The molecule has 1 fully saturated rings. The van der Waals surface area contributed by atoms with Crippen LogP contribution in [0.3, 0.4) is 0 Å². The quantitative estimate of drug-likeness (QED) is 0.499. The van der Waals surface area contributed by atoms with Crippen molar-refractivity contribution in [3.05, 3.63) is 76.6 Å². The van der Waals surface area contributed by atoms with Gasteiger partial charge in [-0.1, -0.05) is 48.0 Å². The predicted molar refractivity (Wildman–Crippen MR) is 98.5 cm³/mol. The number of aliphatic hydroxyl groups excluding tert-OH is 1. The number of methoxy groups -OCH3 is 1. The Morgan fingerprint density at radius 1 is 1.15 bits per heavy atom. The molecule has 1 amide bonds. The fourth-order valence-electron chi connectivity index (χ4n) is 3.19. The normalized spacial score (nSPS) is 18.9. The van der Waals surface area contributed by atoms with Gasteiger partial charge in [0.15, 0.2) is 0 Å². The lowest BCUT2D eigenvalue weighted by molar-refractivity contribution is -0.140. The summed E-state index contributed by atoms with van der Waals surface area (Å²) >= 11 is 0. The Hall–Kier alpha value is -2.99. The Balaban J connectivity index is 2.18. The Labute approximate surface area is 156 Å². The van der Waals surface area contributed by atoms with Gasteiger partial charge in [-0.25, -0.2) is 4.39 Å². The molecule has 1 atom stereocenters. The number of nitrogens with zero attached hydrogens (tertiary/aromatic N) is 1. The van der Waals surface area contributed by atoms with Gasteiger partial charge in [0, 0.05) is 24.8 Å². The van der Waals surface area contributed by atoms with E-state index in [1.807, 2.05) is 6.92 Å². The zero-order valence-corrected chi connectivity index (χ0v) is 15.1. The zero-order valence-electron chi connectivity index (χ0n) is 15.1. The highest BCUT2D eigenvalue weighted by Crippen LogP contribution is 2.40. The smallest absolute Gasteiger partial charge is 0.295 e. The van der Waals surface area contributed by atoms with Gasteiger partial charge in [0.25, 0.3) is 11.7 Å². The van der Waals surface area contributed by atoms with Gasteiger partial charge >= 0.3 is 0 Å². The van der Waals surface area contributed by atoms with Gasteiger partial charge in [0.1, 0.15) is 11.6 Å². The Bertz CT molecular complexity index is 905. The van der Waals surface area contributed by atoms with Crippen LogP contribution in [0.15, 0.2) is 54.1 Å². The first kappa shape index (κ1) is 18.8. The summed E-state index contributed by atoms with van der Waals surface area (Å²) in [6, 6.07) is 11.8. The first-order chi connectivity index (χ1) is 13.0. The van der Waals surface area contributed by atoms with E-state index in [1.54, 1.807) is 30.3 Å². The maximum Gasteiger partial charge on any atom is 0.295 e. The van der Waals surface area contributed by atoms with Crippen molar-refractivity contribution in [1.29, 1.82) is 0 Å². The third-order valence-electron chi connectivity index (χ3n) is 4.60. The highest BCUT2D eigenvalue weighted by molar-refractivity contribution is 6.46. The van der Waals surface area contributed by atoms with Crippen molar-refractivity contribution in [2.24, 2.45) is 0 Å². The topological polar surface area (TPSA) is 66.8 Å². The van der Waals surface area contributed by atoms with E-state index >= 15 is 0 Å². The highest BCUT2D eigenvalue weighted by Gasteiger charge is 2.46. The Kier molecular flexibility index (Phi) is 5.37. The van der Waals surface area contributed by atoms with Crippen molar-refractivity contribution in [3.8, 4) is 0 Å². The summed E-state index contributed by atoms with van der Waals surface area (Å²) < 4.78 is 19.5. The van der Waals surface area contributed by atoms with Gasteiger partial charge in [0.2, 0.25) is 0 Å². The molecule has 6 heteroatoms. The summed E-state index contributed by atoms with van der Waals surface area (Å²) in [6.07, 6.45) is 0. The standard InChI is InChI=1S/C21H20FNO4/c1-13-7-9-14(10-8-13)19(24)17-18(15-5-3-4-6-16(15)22)23(11-12-27-2)21(26)20(17)25/h3-10,18,24H,11-12H2,1-2H3. The monoisotopic (exact) mass is 369 g/mol. The SMILES string of the molecule is COCCN1C(=O)C(=O)C(=C(O)c2ccc(C)cc2)C1c1ccccc1F. The number of carbonyl (C=O) groups is 2. The van der Waals surface area contributed by atoms with Crippen LogP contribution in [0.25, 0.3) is 5.76 Å². The number of aryl methyl sites for hydroxylation is 1. The van der Waals surface area contributed by atoms with Gasteiger partial charge in [-0.2, -0.15) is 0 Å². The first-order valence-electron chi connectivity index (χ1n) is 8.54. The van der Waals surface area contributed by atoms with Crippen molar-refractivity contribution in [2.75, 3.05) is 20.3 Å². The number of ketones is 1. The molecule has 5 nitrogen and oxygen atoms in total. The molecule has 0 bridgehead atoms. The lowest BCUT2D eigenvalue weighted by atomic mass is 9.94. The number of benzene rings is 2. The summed E-state index contributed by atoms with van der Waals surface area (Å²) in [7, 11) is 1.47. The van der Waals surface area contributed by atoms with Crippen molar-refractivity contribution in [1.82, 2.24) is 4.90 Å². The fourth-order valence-corrected chi connectivity index (χ4v) is 3.19. The summed E-state index contributed by atoms with van der Waals surface area (Å²) in [5.41, 5.74) is 1.41. The third kappa shape index (κ3) is 3.48. The second kappa shape index (κ2) is 7.72. The number of carbonyl (C=O) groups excluding carboxylic acids is 2. The fraction of sp³-hybridized carbons (Fsp3) is 0.238. The second-order valence-corrected chi connectivity index (χ2v) is 6.37. The molecule has 2 aromatic carbocycles. The van der Waals surface area contributed by atoms with E-state index < -0.39 is 23.5 Å². The molecule has 3 rings (SSSR count). The van der Waals surface area contributed by atoms with Crippen LogP contribution >= 0.6 is 0 Å². The molecule has 2 aromatic rings. The number of halogens is 1. The number of amides is 1. The molecule has 0 aromatic heterocycles. The minimum atomic E-state index is -1.01. The van der Waals surface area contributed by atoms with Crippen LogP contribution in [-0.2, 0) is 14.3 Å². The van der Waals surface area contributed by atoms with Crippen molar-refractivity contribution in [3.63, 3.8) is 0 Å². The predicted octanol–water partition coefficient (Wildman–Crippen LogP) is 3.20. The van der Waals surface area contributed by atoms with E-state index in [4.69, 9.17) is 4.74 Å². The zero-order chi connectivity index (χ0) is 19.6. The van der Waals surface area contributed by atoms with Gasteiger partial charge < -0.3 is 14.7 Å². The average molecular weight is 369 g/mol. The second-order valence-electron chi connectivity index (χ2n) is 6.37. The summed E-state index contributed by atoms with van der Waals surface area (Å²) in [6.45, 7) is 2.18. The molecule has 0 saturated carbocycles. The van der Waals surface area contributed by atoms with Crippen LogP contribution < -0.4 is 0 Å². The molecule has 1 heterocycles. The third-order valence-corrected chi connectivity index (χ3v) is 4.60. The van der Waals surface area contributed by atoms with E-state index in [-0.39, 0.29) is 30.0 Å². The molecule has 1 aliphatic rings. The number of rotatable bonds is 5. The maximum absolute atomic E-state index is 14.5. The number of hydrogen-bond acceptors (Lipinski definition) is 4. The summed E-state index contributed by atoms with van der Waals surface area (Å²) in [5.74, 6) is -2.49. The van der Waals surface area contributed by atoms with Gasteiger partial charge in [-0.15, -0.1) is 0 Å². The van der Waals surface area contributed by atoms with Gasteiger partial charge in [0.05, 0.1) is 18.2 Å². The van der Waals surface area contributed by atoms with Gasteiger partial charge in [-0.05, 0) is 13.0 Å². The molecule has 1 saturated heterocycles. The molecule has 1 unspecified atom stereocenters. The van der Waals surface area contributed by atoms with E-state index in [0.717, 1.165) is 5.56 Å². The van der Waals surface area contributed by atoms with E-state index in [9.17, 15) is 19.1 Å². The molecule has 0 spiro atoms. The van der Waals surface area contributed by atoms with E-state index in [0.29, 0.717) is 5.56 Å². The van der Waals surface area contributed by atoms with Crippen molar-refractivity contribution >= 4 is 17.4 Å². The first-order valence-corrected chi connectivity index (χ1v) is 8.54. The minimum absolute atomic E-state index is 0.102. The van der Waals surface area contributed by atoms with Crippen molar-refractivity contribution < 1.29 is 23.8 Å². The van der Waals surface area contributed by atoms with Crippen LogP contribution in [0.2, 0.25) is 0 Å². The molecular weight excluding hydrogens is 349 g/mol. The minimum Gasteiger partial charge on any atom is -0.507 e. The molecule has 140 valence electrons. The van der Waals surface area contributed by atoms with Crippen LogP contribution in [0.5, 0.6) is 0 Å². The molecule has 1 aliphatic heterocycles. The highest BCUT2D eigenvalue weighted by atomic mass is 19.1. The Morgan fingerprint density at radius 3 is 2.44 bits per heavy atom. The number of Topliss-reactive ketones (excluding diaryl/α,β-unsaturated/α-hetero) is 1. The molecule has 0 aliphatic carbocycles.